The van der Waals surface area contributed by atoms with Gasteiger partial charge in [-0.3, -0.25) is 0 Å². The monoisotopic (exact) mass is 184 g/mol. The molecule has 3 heteroatoms. The van der Waals surface area contributed by atoms with Crippen molar-refractivity contribution in [3.05, 3.63) is 35.9 Å². The number of aliphatic hydroxyl groups excluding tert-OH is 3. The first-order chi connectivity index (χ1) is 6.20. The van der Waals surface area contributed by atoms with Gasteiger partial charge in [-0.15, -0.1) is 0 Å². The van der Waals surface area contributed by atoms with Gasteiger partial charge < -0.3 is 15.3 Å². The summed E-state index contributed by atoms with van der Waals surface area (Å²) in [6.45, 7) is 1.53. The molecule has 0 fully saturated rings. The SMILES string of the molecule is CC(O)CO.OCc1ccccc1. The van der Waals surface area contributed by atoms with Crippen molar-refractivity contribution in [1.82, 2.24) is 0 Å². The molecule has 1 atom stereocenters. The van der Waals surface area contributed by atoms with Crippen molar-refractivity contribution in [3.63, 3.8) is 0 Å². The Bertz CT molecular complexity index is 197. The van der Waals surface area contributed by atoms with Crippen molar-refractivity contribution < 1.29 is 15.3 Å². The minimum absolute atomic E-state index is 0.139. The van der Waals surface area contributed by atoms with E-state index in [1.165, 1.54) is 6.92 Å². The number of benzene rings is 1. The lowest BCUT2D eigenvalue weighted by atomic mass is 10.2. The predicted octanol–water partition coefficient (Wildman–Crippen LogP) is 0.538. The Hall–Kier alpha value is -0.900. The van der Waals surface area contributed by atoms with E-state index < -0.39 is 6.10 Å². The van der Waals surface area contributed by atoms with E-state index >= 15 is 0 Å². The topological polar surface area (TPSA) is 60.7 Å². The first kappa shape index (κ1) is 12.1. The first-order valence-electron chi connectivity index (χ1n) is 4.14. The summed E-state index contributed by atoms with van der Waals surface area (Å²) in [5.41, 5.74) is 0.965. The summed E-state index contributed by atoms with van der Waals surface area (Å²) in [7, 11) is 0. The average molecular weight is 184 g/mol. The molecule has 13 heavy (non-hydrogen) atoms. The standard InChI is InChI=1S/C7H8O.C3H8O2/c8-6-7-4-2-1-3-5-7;1-3(5)2-4/h1-5,8H,6H2;3-5H,2H2,1H3. The molecule has 3 nitrogen and oxygen atoms in total. The maximum absolute atomic E-state index is 8.54. The van der Waals surface area contributed by atoms with Gasteiger partial charge in [-0.1, -0.05) is 30.3 Å². The fraction of sp³-hybridized carbons (Fsp3) is 0.400. The van der Waals surface area contributed by atoms with Gasteiger partial charge in [0.15, 0.2) is 0 Å². The Balaban J connectivity index is 0.000000252. The van der Waals surface area contributed by atoms with Crippen molar-refractivity contribution >= 4 is 0 Å². The fourth-order valence-electron chi connectivity index (χ4n) is 0.583. The van der Waals surface area contributed by atoms with Crippen LogP contribution in [0, 0.1) is 0 Å². The van der Waals surface area contributed by atoms with Crippen LogP contribution >= 0.6 is 0 Å². The van der Waals surface area contributed by atoms with Gasteiger partial charge in [-0.25, -0.2) is 0 Å². The third-order valence-corrected chi connectivity index (χ3v) is 1.29. The molecule has 0 bridgehead atoms. The van der Waals surface area contributed by atoms with Gasteiger partial charge in [0.1, 0.15) is 0 Å². The van der Waals surface area contributed by atoms with Gasteiger partial charge in [-0.2, -0.15) is 0 Å². The molecule has 1 aromatic carbocycles. The number of rotatable bonds is 2. The summed E-state index contributed by atoms with van der Waals surface area (Å²) in [5, 5.41) is 24.5. The van der Waals surface area contributed by atoms with Crippen LogP contribution in [0.2, 0.25) is 0 Å². The largest absolute Gasteiger partial charge is 0.394 e. The lowest BCUT2D eigenvalue weighted by Gasteiger charge is -1.90. The van der Waals surface area contributed by atoms with Gasteiger partial charge in [0.25, 0.3) is 0 Å². The molecule has 74 valence electrons. The van der Waals surface area contributed by atoms with Crippen LogP contribution < -0.4 is 0 Å². The van der Waals surface area contributed by atoms with E-state index in [4.69, 9.17) is 15.3 Å². The molecule has 0 saturated carbocycles. The molecule has 0 saturated heterocycles. The molecule has 1 rings (SSSR count). The summed E-state index contributed by atoms with van der Waals surface area (Å²) in [6, 6.07) is 9.52. The van der Waals surface area contributed by atoms with Crippen molar-refractivity contribution in [2.75, 3.05) is 6.61 Å². The minimum atomic E-state index is -0.560. The van der Waals surface area contributed by atoms with Crippen LogP contribution in [-0.4, -0.2) is 28.0 Å². The van der Waals surface area contributed by atoms with Crippen LogP contribution in [0.1, 0.15) is 12.5 Å². The highest BCUT2D eigenvalue weighted by Crippen LogP contribution is 1.95. The zero-order chi connectivity index (χ0) is 10.1. The van der Waals surface area contributed by atoms with Crippen LogP contribution in [0.25, 0.3) is 0 Å². The molecule has 0 aromatic heterocycles. The summed E-state index contributed by atoms with van der Waals surface area (Å²) >= 11 is 0. The third kappa shape index (κ3) is 7.46. The molecule has 1 unspecified atom stereocenters. The Kier molecular flexibility index (Phi) is 7.20. The van der Waals surface area contributed by atoms with E-state index in [0.717, 1.165) is 5.56 Å². The van der Waals surface area contributed by atoms with E-state index in [9.17, 15) is 0 Å². The zero-order valence-corrected chi connectivity index (χ0v) is 7.72. The van der Waals surface area contributed by atoms with E-state index in [-0.39, 0.29) is 13.2 Å². The van der Waals surface area contributed by atoms with Gasteiger partial charge in [-0.05, 0) is 12.5 Å². The zero-order valence-electron chi connectivity index (χ0n) is 7.72. The van der Waals surface area contributed by atoms with Crippen LogP contribution in [-0.2, 0) is 6.61 Å². The molecule has 0 spiro atoms. The molecule has 0 aliphatic rings. The summed E-state index contributed by atoms with van der Waals surface area (Å²) in [5.74, 6) is 0. The quantitative estimate of drug-likeness (QED) is 0.628. The van der Waals surface area contributed by atoms with E-state index in [1.807, 2.05) is 30.3 Å². The Morgan fingerprint density at radius 3 is 1.85 bits per heavy atom. The molecule has 0 aliphatic carbocycles. The summed E-state index contributed by atoms with van der Waals surface area (Å²) in [4.78, 5) is 0. The van der Waals surface area contributed by atoms with Crippen LogP contribution in [0.3, 0.4) is 0 Å². The van der Waals surface area contributed by atoms with Crippen molar-refractivity contribution in [2.24, 2.45) is 0 Å². The van der Waals surface area contributed by atoms with Crippen LogP contribution in [0.15, 0.2) is 30.3 Å². The summed E-state index contributed by atoms with van der Waals surface area (Å²) in [6.07, 6.45) is -0.560. The van der Waals surface area contributed by atoms with E-state index in [0.29, 0.717) is 0 Å². The number of hydrogen-bond acceptors (Lipinski definition) is 3. The molecule has 0 aliphatic heterocycles. The predicted molar refractivity (Wildman–Crippen MR) is 51.1 cm³/mol. The van der Waals surface area contributed by atoms with Crippen LogP contribution in [0.4, 0.5) is 0 Å². The van der Waals surface area contributed by atoms with E-state index in [1.54, 1.807) is 0 Å². The minimum Gasteiger partial charge on any atom is -0.394 e. The summed E-state index contributed by atoms with van der Waals surface area (Å²) < 4.78 is 0. The average Bonchev–Trinajstić information content (AvgIpc) is 2.20. The highest BCUT2D eigenvalue weighted by Gasteiger charge is 1.83. The normalized spacial score (nSPS) is 11.4. The molecule has 0 amide bonds. The van der Waals surface area contributed by atoms with Gasteiger partial charge in [0, 0.05) is 0 Å². The highest BCUT2D eigenvalue weighted by molar-refractivity contribution is 5.12. The fourth-order valence-corrected chi connectivity index (χ4v) is 0.583. The molecular formula is C10H16O3. The van der Waals surface area contributed by atoms with Crippen molar-refractivity contribution in [2.45, 2.75) is 19.6 Å². The van der Waals surface area contributed by atoms with Crippen LogP contribution in [0.5, 0.6) is 0 Å². The lowest BCUT2D eigenvalue weighted by molar-refractivity contribution is 0.110. The van der Waals surface area contributed by atoms with Gasteiger partial charge in [0.05, 0.1) is 19.3 Å². The Labute approximate surface area is 78.3 Å². The lowest BCUT2D eigenvalue weighted by Crippen LogP contribution is -2.03. The molecule has 0 radical (unpaired) electrons. The van der Waals surface area contributed by atoms with E-state index in [2.05, 4.69) is 0 Å². The second-order valence-corrected chi connectivity index (χ2v) is 2.68. The second-order valence-electron chi connectivity index (χ2n) is 2.68. The molecule has 1 aromatic rings. The van der Waals surface area contributed by atoms with Gasteiger partial charge in [0.2, 0.25) is 0 Å². The highest BCUT2D eigenvalue weighted by atomic mass is 16.3. The first-order valence-corrected chi connectivity index (χ1v) is 4.14. The number of hydrogen-bond donors (Lipinski definition) is 3. The molecule has 3 N–H and O–H groups in total. The Morgan fingerprint density at radius 1 is 1.15 bits per heavy atom. The maximum Gasteiger partial charge on any atom is 0.0742 e. The maximum atomic E-state index is 8.54. The van der Waals surface area contributed by atoms with Crippen molar-refractivity contribution in [1.29, 1.82) is 0 Å². The third-order valence-electron chi connectivity index (χ3n) is 1.29. The second kappa shape index (κ2) is 7.73. The smallest absolute Gasteiger partial charge is 0.0742 e. The van der Waals surface area contributed by atoms with Crippen molar-refractivity contribution in [3.8, 4) is 0 Å². The molecule has 0 heterocycles. The van der Waals surface area contributed by atoms with Gasteiger partial charge >= 0.3 is 0 Å². The Morgan fingerprint density at radius 2 is 1.62 bits per heavy atom. The molecular weight excluding hydrogens is 168 g/mol. The number of aliphatic hydroxyl groups is 3.